The highest BCUT2D eigenvalue weighted by Gasteiger charge is 2.43. The topological polar surface area (TPSA) is 136 Å². The Labute approximate surface area is 258 Å². The fraction of sp³-hybridized carbons (Fsp3) is 0.500. The zero-order valence-corrected chi connectivity index (χ0v) is 26.5. The lowest BCUT2D eigenvalue weighted by atomic mass is 9.94. The lowest BCUT2D eigenvalue weighted by molar-refractivity contribution is -0.385. The molecule has 3 atom stereocenters. The first-order valence-electron chi connectivity index (χ1n) is 15.1. The van der Waals surface area contributed by atoms with E-state index in [-0.39, 0.29) is 35.5 Å². The van der Waals surface area contributed by atoms with E-state index in [0.717, 1.165) is 18.4 Å². The molecule has 2 aliphatic rings. The summed E-state index contributed by atoms with van der Waals surface area (Å²) in [4.78, 5) is 35.5. The van der Waals surface area contributed by atoms with E-state index in [1.807, 2.05) is 6.92 Å². The van der Waals surface area contributed by atoms with Crippen LogP contribution in [-0.2, 0) is 9.47 Å². The van der Waals surface area contributed by atoms with Gasteiger partial charge in [0.05, 0.1) is 33.8 Å². The van der Waals surface area contributed by atoms with E-state index in [2.05, 4.69) is 55.5 Å². The Morgan fingerprint density at radius 3 is 2.07 bits per heavy atom. The zero-order valence-electron chi connectivity index (χ0n) is 26.5. The van der Waals surface area contributed by atoms with Crippen LogP contribution in [0.15, 0.2) is 58.0 Å². The molecule has 2 aliphatic heterocycles. The Bertz CT molecular complexity index is 1490. The van der Waals surface area contributed by atoms with Crippen LogP contribution < -0.4 is 0 Å². The van der Waals surface area contributed by atoms with Crippen molar-refractivity contribution in [2.45, 2.75) is 79.5 Å². The van der Waals surface area contributed by atoms with Crippen molar-refractivity contribution in [3.63, 3.8) is 0 Å². The summed E-state index contributed by atoms with van der Waals surface area (Å²) >= 11 is 0. The molecule has 12 nitrogen and oxygen atoms in total. The second-order valence-electron chi connectivity index (χ2n) is 11.9. The number of amidine groups is 2. The van der Waals surface area contributed by atoms with Gasteiger partial charge in [-0.3, -0.25) is 20.2 Å². The van der Waals surface area contributed by atoms with E-state index in [1.165, 1.54) is 24.3 Å². The smallest absolute Gasteiger partial charge is 0.293 e. The van der Waals surface area contributed by atoms with Crippen molar-refractivity contribution in [3.8, 4) is 0 Å². The van der Waals surface area contributed by atoms with Gasteiger partial charge in [-0.2, -0.15) is 9.98 Å². The highest BCUT2D eigenvalue weighted by Crippen LogP contribution is 2.34. The van der Waals surface area contributed by atoms with E-state index in [9.17, 15) is 20.2 Å². The summed E-state index contributed by atoms with van der Waals surface area (Å²) < 4.78 is 12.4. The van der Waals surface area contributed by atoms with Crippen molar-refractivity contribution >= 4 is 34.8 Å². The molecule has 0 amide bonds. The largest absolute Gasteiger partial charge is 0.463 e. The van der Waals surface area contributed by atoms with Crippen LogP contribution in [0.5, 0.6) is 0 Å². The van der Waals surface area contributed by atoms with Crippen LogP contribution in [0.1, 0.15) is 58.6 Å². The average Bonchev–Trinajstić information content (AvgIpc) is 3.54. The molecule has 4 rings (SSSR count). The van der Waals surface area contributed by atoms with Crippen LogP contribution in [0.25, 0.3) is 0 Å². The lowest BCUT2D eigenvalue weighted by Crippen LogP contribution is -2.45. The Balaban J connectivity index is 1.61. The molecular formula is C32H42N6O6. The van der Waals surface area contributed by atoms with Crippen molar-refractivity contribution in [2.24, 2.45) is 15.9 Å². The van der Waals surface area contributed by atoms with Crippen LogP contribution in [-0.4, -0.2) is 69.6 Å². The van der Waals surface area contributed by atoms with Gasteiger partial charge in [0.25, 0.3) is 23.4 Å². The third-order valence-corrected chi connectivity index (χ3v) is 7.95. The highest BCUT2D eigenvalue weighted by molar-refractivity contribution is 5.81. The maximum Gasteiger partial charge on any atom is 0.293 e. The minimum atomic E-state index is -0.417. The predicted octanol–water partition coefficient (Wildman–Crippen LogP) is 6.99. The zero-order chi connectivity index (χ0) is 32.1. The number of aryl methyl sites for hydroxylation is 2. The number of nitro groups is 2. The summed E-state index contributed by atoms with van der Waals surface area (Å²) in [6.07, 6.45) is 3.87. The van der Waals surface area contributed by atoms with E-state index >= 15 is 0 Å². The molecule has 2 fully saturated rings. The summed E-state index contributed by atoms with van der Waals surface area (Å²) in [7, 11) is 0. The Morgan fingerprint density at radius 2 is 1.57 bits per heavy atom. The molecule has 0 radical (unpaired) electrons. The molecule has 2 saturated heterocycles. The maximum absolute atomic E-state index is 11.3. The second kappa shape index (κ2) is 13.9. The molecule has 44 heavy (non-hydrogen) atoms. The molecule has 2 heterocycles. The average molecular weight is 607 g/mol. The number of hydrogen-bond acceptors (Lipinski definition) is 8. The molecule has 2 unspecified atom stereocenters. The SMILES string of the molecule is CCCC(C)N1C(=Nc2ccc([N+](=O)[O-])cc2C)OC(/C=C(/C)CN2CCOC2=Nc2ccc([N+](=O)[O-])cc2C)[C@@H]1C(C)C. The van der Waals surface area contributed by atoms with E-state index in [1.54, 1.807) is 19.1 Å². The van der Waals surface area contributed by atoms with Crippen LogP contribution in [0, 0.1) is 40.0 Å². The summed E-state index contributed by atoms with van der Waals surface area (Å²) in [5.41, 5.74) is 3.81. The quantitative estimate of drug-likeness (QED) is 0.152. The summed E-state index contributed by atoms with van der Waals surface area (Å²) in [6.45, 7) is 16.1. The minimum absolute atomic E-state index is 0.0274. The molecule has 0 bridgehead atoms. The molecule has 236 valence electrons. The fourth-order valence-corrected chi connectivity index (χ4v) is 5.78. The van der Waals surface area contributed by atoms with Gasteiger partial charge >= 0.3 is 0 Å². The van der Waals surface area contributed by atoms with E-state index < -0.39 is 9.85 Å². The van der Waals surface area contributed by atoms with Gasteiger partial charge in [-0.15, -0.1) is 0 Å². The normalized spacial score (nSPS) is 21.2. The number of aliphatic imine (C=N–C) groups is 2. The summed E-state index contributed by atoms with van der Waals surface area (Å²) in [6, 6.07) is 10.5. The number of hydrogen-bond donors (Lipinski definition) is 0. The predicted molar refractivity (Wildman–Crippen MR) is 171 cm³/mol. The molecule has 0 spiro atoms. The third kappa shape index (κ3) is 7.35. The maximum atomic E-state index is 11.3. The van der Waals surface area contributed by atoms with E-state index in [4.69, 9.17) is 14.5 Å². The van der Waals surface area contributed by atoms with Gasteiger partial charge < -0.3 is 19.3 Å². The van der Waals surface area contributed by atoms with Crippen LogP contribution in [0.2, 0.25) is 0 Å². The monoisotopic (exact) mass is 606 g/mol. The molecule has 0 N–H and O–H groups in total. The van der Waals surface area contributed by atoms with Gasteiger partial charge in [0.1, 0.15) is 12.7 Å². The first-order chi connectivity index (χ1) is 20.9. The number of benzene rings is 2. The molecule has 0 saturated carbocycles. The first-order valence-corrected chi connectivity index (χ1v) is 15.1. The summed E-state index contributed by atoms with van der Waals surface area (Å²) in [5, 5.41) is 22.4. The summed E-state index contributed by atoms with van der Waals surface area (Å²) in [5.74, 6) is 0.256. The Kier molecular flexibility index (Phi) is 10.2. The van der Waals surface area contributed by atoms with Gasteiger partial charge in [-0.25, -0.2) is 0 Å². The van der Waals surface area contributed by atoms with Gasteiger partial charge in [-0.1, -0.05) is 32.8 Å². The van der Waals surface area contributed by atoms with Crippen molar-refractivity contribution < 1.29 is 19.3 Å². The standard InChI is InChI=1S/C32H42N6O6/c1-8-9-24(7)36-30(20(2)3)29(44-32(36)34-28-13-11-26(38(41)42)18-23(28)6)16-21(4)19-35-14-15-43-31(35)33-27-12-10-25(37(39)40)17-22(27)5/h10-13,16-18,20,24,29-30H,8-9,14-15,19H2,1-7H3/b21-16-,33-31?,34-32?/t24?,29?,30-/m0/s1. The van der Waals surface area contributed by atoms with Gasteiger partial charge in [0.15, 0.2) is 0 Å². The highest BCUT2D eigenvalue weighted by atomic mass is 16.6. The number of rotatable bonds is 11. The van der Waals surface area contributed by atoms with Crippen LogP contribution in [0.3, 0.4) is 0 Å². The first kappa shape index (κ1) is 32.4. The van der Waals surface area contributed by atoms with E-state index in [0.29, 0.717) is 54.2 Å². The number of ether oxygens (including phenoxy) is 2. The number of non-ortho nitro benzene ring substituents is 2. The molecule has 0 aliphatic carbocycles. The van der Waals surface area contributed by atoms with Gasteiger partial charge in [-0.05, 0) is 69.4 Å². The lowest BCUT2D eigenvalue weighted by Gasteiger charge is -2.33. The molecule has 12 heteroatoms. The van der Waals surface area contributed by atoms with Crippen molar-refractivity contribution in [1.82, 2.24) is 9.80 Å². The van der Waals surface area contributed by atoms with Crippen molar-refractivity contribution in [1.29, 1.82) is 0 Å². The van der Waals surface area contributed by atoms with Gasteiger partial charge in [0.2, 0.25) is 0 Å². The molecular weight excluding hydrogens is 564 g/mol. The molecule has 0 aromatic heterocycles. The fourth-order valence-electron chi connectivity index (χ4n) is 5.78. The van der Waals surface area contributed by atoms with Gasteiger partial charge in [0, 0.05) is 36.9 Å². The van der Waals surface area contributed by atoms with Crippen LogP contribution >= 0.6 is 0 Å². The number of nitrogens with zero attached hydrogens (tertiary/aromatic N) is 6. The third-order valence-electron chi connectivity index (χ3n) is 7.95. The Morgan fingerprint density at radius 1 is 1.00 bits per heavy atom. The minimum Gasteiger partial charge on any atom is -0.463 e. The molecule has 2 aromatic carbocycles. The van der Waals surface area contributed by atoms with Crippen molar-refractivity contribution in [3.05, 3.63) is 79.4 Å². The number of nitro benzene ring substituents is 2. The second-order valence-corrected chi connectivity index (χ2v) is 11.9. The molecule has 2 aromatic rings. The Hall–Kier alpha value is -4.48. The van der Waals surface area contributed by atoms with Crippen molar-refractivity contribution in [2.75, 3.05) is 19.7 Å². The van der Waals surface area contributed by atoms with Crippen LogP contribution in [0.4, 0.5) is 22.7 Å².